The number of pyridine rings is 1. The van der Waals surface area contributed by atoms with Crippen LogP contribution in [0.1, 0.15) is 5.56 Å². The number of rotatable bonds is 4. The lowest BCUT2D eigenvalue weighted by molar-refractivity contribution is -0.120. The van der Waals surface area contributed by atoms with Crippen LogP contribution in [0, 0.1) is 0 Å². The molecule has 7 heteroatoms. The molecule has 2 N–H and O–H groups in total. The van der Waals surface area contributed by atoms with Crippen molar-refractivity contribution in [2.24, 2.45) is 0 Å². The van der Waals surface area contributed by atoms with Gasteiger partial charge >= 0.3 is 6.03 Å². The molecule has 0 saturated carbocycles. The molecule has 6 nitrogen and oxygen atoms in total. The van der Waals surface area contributed by atoms with Gasteiger partial charge in [0, 0.05) is 23.3 Å². The number of imide groups is 1. The van der Waals surface area contributed by atoms with E-state index >= 15 is 0 Å². The predicted molar refractivity (Wildman–Crippen MR) is 85.2 cm³/mol. The molecule has 0 spiro atoms. The minimum absolute atomic E-state index is 0.225. The fourth-order valence-corrected chi connectivity index (χ4v) is 2.15. The Bertz CT molecular complexity index is 728. The van der Waals surface area contributed by atoms with Crippen molar-refractivity contribution in [1.82, 2.24) is 15.2 Å². The Labute approximate surface area is 135 Å². The van der Waals surface area contributed by atoms with Crippen LogP contribution in [0.3, 0.4) is 0 Å². The molecule has 0 aliphatic rings. The number of nitrogens with one attached hydrogen (secondary N) is 2. The van der Waals surface area contributed by atoms with Crippen molar-refractivity contribution >= 4 is 27.9 Å². The molecule has 3 amide bonds. The van der Waals surface area contributed by atoms with Crippen molar-refractivity contribution in [3.63, 3.8) is 0 Å². The van der Waals surface area contributed by atoms with Crippen molar-refractivity contribution in [3.05, 3.63) is 69.1 Å². The number of carbonyl (C=O) groups is 2. The number of nitrogens with zero attached hydrogens (tertiary/aromatic N) is 1. The predicted octanol–water partition coefficient (Wildman–Crippen LogP) is 1.64. The van der Waals surface area contributed by atoms with Gasteiger partial charge in [0.1, 0.15) is 6.54 Å². The third-order valence-electron chi connectivity index (χ3n) is 2.81. The van der Waals surface area contributed by atoms with Crippen molar-refractivity contribution < 1.29 is 9.59 Å². The van der Waals surface area contributed by atoms with Crippen LogP contribution in [-0.2, 0) is 17.9 Å². The number of benzene rings is 1. The fraction of sp³-hybridized carbons (Fsp3) is 0.133. The summed E-state index contributed by atoms with van der Waals surface area (Å²) in [5, 5.41) is 4.76. The van der Waals surface area contributed by atoms with Crippen LogP contribution in [0.4, 0.5) is 4.79 Å². The number of hydrogen-bond donors (Lipinski definition) is 2. The van der Waals surface area contributed by atoms with E-state index in [9.17, 15) is 14.4 Å². The van der Waals surface area contributed by atoms with Gasteiger partial charge in [-0.05, 0) is 27.6 Å². The molecule has 0 fully saturated rings. The maximum absolute atomic E-state index is 11.8. The summed E-state index contributed by atoms with van der Waals surface area (Å²) in [6, 6.07) is 11.7. The van der Waals surface area contributed by atoms with Crippen LogP contribution >= 0.6 is 15.9 Å². The number of urea groups is 1. The minimum atomic E-state index is -0.600. The zero-order valence-corrected chi connectivity index (χ0v) is 13.2. The quantitative estimate of drug-likeness (QED) is 0.866. The number of halogens is 1. The van der Waals surface area contributed by atoms with Crippen LogP contribution in [0.25, 0.3) is 0 Å². The molecule has 0 saturated heterocycles. The molecule has 1 heterocycles. The first-order chi connectivity index (χ1) is 10.5. The Morgan fingerprint density at radius 1 is 1.09 bits per heavy atom. The summed E-state index contributed by atoms with van der Waals surface area (Å²) in [7, 11) is 0. The van der Waals surface area contributed by atoms with E-state index < -0.39 is 11.9 Å². The van der Waals surface area contributed by atoms with Crippen LogP contribution in [0.5, 0.6) is 0 Å². The number of hydrogen-bond acceptors (Lipinski definition) is 3. The molecule has 2 aromatic rings. The van der Waals surface area contributed by atoms with E-state index in [2.05, 4.69) is 26.6 Å². The van der Waals surface area contributed by atoms with Gasteiger partial charge in [0.05, 0.1) is 0 Å². The van der Waals surface area contributed by atoms with E-state index in [-0.39, 0.29) is 12.1 Å². The number of aromatic nitrogens is 1. The summed E-state index contributed by atoms with van der Waals surface area (Å²) in [5.74, 6) is -0.564. The summed E-state index contributed by atoms with van der Waals surface area (Å²) in [4.78, 5) is 34.9. The monoisotopic (exact) mass is 363 g/mol. The Morgan fingerprint density at radius 2 is 1.82 bits per heavy atom. The number of carbonyl (C=O) groups excluding carboxylic acids is 2. The zero-order chi connectivity index (χ0) is 15.9. The molecule has 0 aliphatic carbocycles. The molecule has 1 aromatic carbocycles. The van der Waals surface area contributed by atoms with E-state index in [1.165, 1.54) is 16.8 Å². The van der Waals surface area contributed by atoms with Gasteiger partial charge in [-0.2, -0.15) is 0 Å². The highest BCUT2D eigenvalue weighted by Crippen LogP contribution is 2.04. The Balaban J connectivity index is 1.85. The molecule has 0 bridgehead atoms. The Kier molecular flexibility index (Phi) is 5.48. The van der Waals surface area contributed by atoms with Crippen LogP contribution in [0.2, 0.25) is 0 Å². The second-order valence-corrected chi connectivity index (χ2v) is 5.45. The van der Waals surface area contributed by atoms with Gasteiger partial charge in [-0.1, -0.05) is 30.3 Å². The molecule has 2 rings (SSSR count). The topological polar surface area (TPSA) is 80.2 Å². The van der Waals surface area contributed by atoms with Gasteiger partial charge < -0.3 is 9.88 Å². The maximum Gasteiger partial charge on any atom is 0.321 e. The van der Waals surface area contributed by atoms with Gasteiger partial charge in [0.15, 0.2) is 0 Å². The lowest BCUT2D eigenvalue weighted by atomic mass is 10.2. The third kappa shape index (κ3) is 4.85. The first-order valence-electron chi connectivity index (χ1n) is 6.52. The summed E-state index contributed by atoms with van der Waals surface area (Å²) in [6.07, 6.45) is 1.49. The van der Waals surface area contributed by atoms with Crippen LogP contribution in [0.15, 0.2) is 57.9 Å². The highest BCUT2D eigenvalue weighted by atomic mass is 79.9. The smallest absolute Gasteiger partial charge is 0.321 e. The molecule has 0 radical (unpaired) electrons. The van der Waals surface area contributed by atoms with Crippen LogP contribution < -0.4 is 16.2 Å². The lowest BCUT2D eigenvalue weighted by Crippen LogP contribution is -2.41. The van der Waals surface area contributed by atoms with E-state index in [0.717, 1.165) is 5.56 Å². The van der Waals surface area contributed by atoms with E-state index in [0.29, 0.717) is 11.0 Å². The Hall–Kier alpha value is -2.41. The normalized spacial score (nSPS) is 10.0. The molecular weight excluding hydrogens is 350 g/mol. The highest BCUT2D eigenvalue weighted by Gasteiger charge is 2.09. The third-order valence-corrected chi connectivity index (χ3v) is 3.28. The van der Waals surface area contributed by atoms with Crippen molar-refractivity contribution in [2.45, 2.75) is 13.1 Å². The van der Waals surface area contributed by atoms with Crippen LogP contribution in [-0.4, -0.2) is 16.5 Å². The summed E-state index contributed by atoms with van der Waals surface area (Å²) < 4.78 is 1.89. The molecule has 0 unspecified atom stereocenters. The largest absolute Gasteiger partial charge is 0.334 e. The van der Waals surface area contributed by atoms with E-state index in [4.69, 9.17) is 0 Å². The maximum atomic E-state index is 11.8. The second kappa shape index (κ2) is 7.56. The van der Waals surface area contributed by atoms with Crippen molar-refractivity contribution in [1.29, 1.82) is 0 Å². The van der Waals surface area contributed by atoms with Crippen molar-refractivity contribution in [3.8, 4) is 0 Å². The van der Waals surface area contributed by atoms with E-state index in [1.807, 2.05) is 30.3 Å². The van der Waals surface area contributed by atoms with E-state index in [1.54, 1.807) is 6.07 Å². The number of amides is 3. The summed E-state index contributed by atoms with van der Waals surface area (Å²) >= 11 is 3.22. The molecule has 114 valence electrons. The van der Waals surface area contributed by atoms with Gasteiger partial charge in [-0.25, -0.2) is 4.79 Å². The average molecular weight is 364 g/mol. The molecular formula is C15H14BrN3O3. The SMILES string of the molecule is O=C(Cn1cc(Br)ccc1=O)NC(=O)NCc1ccccc1. The standard InChI is InChI=1S/C15H14BrN3O3/c16-12-6-7-14(21)19(9-12)10-13(20)18-15(22)17-8-11-4-2-1-3-5-11/h1-7,9H,8,10H2,(H2,17,18,20,22). The highest BCUT2D eigenvalue weighted by molar-refractivity contribution is 9.10. The first-order valence-corrected chi connectivity index (χ1v) is 7.31. The summed E-state index contributed by atoms with van der Waals surface area (Å²) in [5.41, 5.74) is 0.608. The second-order valence-electron chi connectivity index (χ2n) is 4.53. The fourth-order valence-electron chi connectivity index (χ4n) is 1.77. The molecule has 1 aromatic heterocycles. The van der Waals surface area contributed by atoms with Gasteiger partial charge in [0.2, 0.25) is 5.91 Å². The zero-order valence-electron chi connectivity index (χ0n) is 11.6. The molecule has 0 atom stereocenters. The lowest BCUT2D eigenvalue weighted by Gasteiger charge is -2.08. The van der Waals surface area contributed by atoms with Gasteiger partial charge in [0.25, 0.3) is 5.56 Å². The van der Waals surface area contributed by atoms with Crippen molar-refractivity contribution in [2.75, 3.05) is 0 Å². The van der Waals surface area contributed by atoms with Gasteiger partial charge in [-0.15, -0.1) is 0 Å². The summed E-state index contributed by atoms with van der Waals surface area (Å²) in [6.45, 7) is 0.0911. The molecule has 0 aliphatic heterocycles. The molecule has 22 heavy (non-hydrogen) atoms. The average Bonchev–Trinajstić information content (AvgIpc) is 2.50. The van der Waals surface area contributed by atoms with Gasteiger partial charge in [-0.3, -0.25) is 14.9 Å². The Morgan fingerprint density at radius 3 is 2.55 bits per heavy atom. The minimum Gasteiger partial charge on any atom is -0.334 e. The first kappa shape index (κ1) is 16.0.